The molecule has 0 aliphatic carbocycles. The van der Waals surface area contributed by atoms with Gasteiger partial charge in [0.25, 0.3) is 0 Å². The Hall–Kier alpha value is -1.35. The van der Waals surface area contributed by atoms with Crippen LogP contribution in [0.2, 0.25) is 0 Å². The van der Waals surface area contributed by atoms with Crippen LogP contribution in [0, 0.1) is 0 Å². The van der Waals surface area contributed by atoms with Crippen LogP contribution < -0.4 is 5.73 Å². The Bertz CT molecular complexity index is 383. The Morgan fingerprint density at radius 1 is 1.33 bits per heavy atom. The standard InChI is InChI=1S/C15H22N2O/c1-12(13-5-3-2-4-6-13)11-15(18)17-9-7-14(16)8-10-17/h2-6,12,14H,7-11,16H2,1H3/t12-/m0/s1. The van der Waals surface area contributed by atoms with Gasteiger partial charge in [0.05, 0.1) is 0 Å². The van der Waals surface area contributed by atoms with Crippen molar-refractivity contribution in [3.8, 4) is 0 Å². The fraction of sp³-hybridized carbons (Fsp3) is 0.533. The number of amides is 1. The Balaban J connectivity index is 1.87. The second-order valence-electron chi connectivity index (χ2n) is 5.23. The van der Waals surface area contributed by atoms with E-state index in [-0.39, 0.29) is 17.9 Å². The number of benzene rings is 1. The molecule has 1 atom stereocenters. The van der Waals surface area contributed by atoms with Crippen LogP contribution in [-0.4, -0.2) is 29.9 Å². The van der Waals surface area contributed by atoms with Crippen LogP contribution >= 0.6 is 0 Å². The first-order valence-corrected chi connectivity index (χ1v) is 6.75. The second-order valence-corrected chi connectivity index (χ2v) is 5.23. The summed E-state index contributed by atoms with van der Waals surface area (Å²) in [6, 6.07) is 10.5. The van der Waals surface area contributed by atoms with Gasteiger partial charge < -0.3 is 10.6 Å². The van der Waals surface area contributed by atoms with Crippen LogP contribution in [0.3, 0.4) is 0 Å². The van der Waals surface area contributed by atoms with E-state index < -0.39 is 0 Å². The molecule has 3 heteroatoms. The molecule has 0 unspecified atom stereocenters. The lowest BCUT2D eigenvalue weighted by Crippen LogP contribution is -2.43. The number of likely N-dealkylation sites (tertiary alicyclic amines) is 1. The lowest BCUT2D eigenvalue weighted by atomic mass is 9.96. The molecule has 1 heterocycles. The molecule has 1 aromatic carbocycles. The van der Waals surface area contributed by atoms with Gasteiger partial charge in [-0.15, -0.1) is 0 Å². The first-order valence-electron chi connectivity index (χ1n) is 6.75. The van der Waals surface area contributed by atoms with Gasteiger partial charge in [0.2, 0.25) is 5.91 Å². The molecule has 1 saturated heterocycles. The highest BCUT2D eigenvalue weighted by Gasteiger charge is 2.22. The quantitative estimate of drug-likeness (QED) is 0.888. The SMILES string of the molecule is C[C@@H](CC(=O)N1CCC(N)CC1)c1ccccc1. The maximum Gasteiger partial charge on any atom is 0.223 e. The lowest BCUT2D eigenvalue weighted by molar-refractivity contribution is -0.132. The van der Waals surface area contributed by atoms with E-state index in [9.17, 15) is 4.79 Å². The molecule has 3 nitrogen and oxygen atoms in total. The molecular weight excluding hydrogens is 224 g/mol. The van der Waals surface area contributed by atoms with Crippen molar-refractivity contribution in [2.75, 3.05) is 13.1 Å². The number of hydrogen-bond donors (Lipinski definition) is 1. The second kappa shape index (κ2) is 6.01. The summed E-state index contributed by atoms with van der Waals surface area (Å²) < 4.78 is 0. The molecule has 0 saturated carbocycles. The van der Waals surface area contributed by atoms with E-state index in [2.05, 4.69) is 19.1 Å². The molecule has 2 N–H and O–H groups in total. The normalized spacial score (nSPS) is 18.7. The summed E-state index contributed by atoms with van der Waals surface area (Å²) in [5, 5.41) is 0. The van der Waals surface area contributed by atoms with E-state index in [0.29, 0.717) is 6.42 Å². The van der Waals surface area contributed by atoms with Crippen LogP contribution in [0.25, 0.3) is 0 Å². The third kappa shape index (κ3) is 3.33. The number of piperidine rings is 1. The molecule has 1 aliphatic rings. The summed E-state index contributed by atoms with van der Waals surface area (Å²) in [5.74, 6) is 0.549. The van der Waals surface area contributed by atoms with Crippen LogP contribution in [-0.2, 0) is 4.79 Å². The minimum absolute atomic E-state index is 0.262. The lowest BCUT2D eigenvalue weighted by Gasteiger charge is -2.31. The van der Waals surface area contributed by atoms with E-state index >= 15 is 0 Å². The highest BCUT2D eigenvalue weighted by atomic mass is 16.2. The molecule has 0 aromatic heterocycles. The van der Waals surface area contributed by atoms with Crippen LogP contribution in [0.5, 0.6) is 0 Å². The molecule has 18 heavy (non-hydrogen) atoms. The van der Waals surface area contributed by atoms with Crippen LogP contribution in [0.4, 0.5) is 0 Å². The molecule has 2 rings (SSSR count). The number of carbonyl (C=O) groups excluding carboxylic acids is 1. The maximum absolute atomic E-state index is 12.2. The van der Waals surface area contributed by atoms with Crippen molar-refractivity contribution < 1.29 is 4.79 Å². The molecule has 1 aromatic rings. The summed E-state index contributed by atoms with van der Waals surface area (Å²) in [7, 11) is 0. The zero-order valence-electron chi connectivity index (χ0n) is 11.0. The zero-order valence-corrected chi connectivity index (χ0v) is 11.0. The van der Waals surface area contributed by atoms with E-state index in [0.717, 1.165) is 25.9 Å². The van der Waals surface area contributed by atoms with E-state index in [1.54, 1.807) is 0 Å². The summed E-state index contributed by atoms with van der Waals surface area (Å²) in [6.07, 6.45) is 2.47. The summed E-state index contributed by atoms with van der Waals surface area (Å²) in [4.78, 5) is 14.1. The predicted octanol–water partition coefficient (Wildman–Crippen LogP) is 2.13. The summed E-state index contributed by atoms with van der Waals surface area (Å²) >= 11 is 0. The fourth-order valence-electron chi connectivity index (χ4n) is 2.44. The Labute approximate surface area is 109 Å². The summed E-state index contributed by atoms with van der Waals surface area (Å²) in [6.45, 7) is 3.76. The van der Waals surface area contributed by atoms with Crippen molar-refractivity contribution in [1.29, 1.82) is 0 Å². The fourth-order valence-corrected chi connectivity index (χ4v) is 2.44. The van der Waals surface area contributed by atoms with Gasteiger partial charge in [-0.3, -0.25) is 4.79 Å². The highest BCUT2D eigenvalue weighted by Crippen LogP contribution is 2.20. The van der Waals surface area contributed by atoms with Crippen LogP contribution in [0.1, 0.15) is 37.7 Å². The van der Waals surface area contributed by atoms with Gasteiger partial charge in [-0.05, 0) is 24.3 Å². The van der Waals surface area contributed by atoms with Gasteiger partial charge in [0.1, 0.15) is 0 Å². The Morgan fingerprint density at radius 2 is 1.94 bits per heavy atom. The summed E-state index contributed by atoms with van der Waals surface area (Å²) in [5.41, 5.74) is 7.09. The average Bonchev–Trinajstić information content (AvgIpc) is 2.40. The van der Waals surface area contributed by atoms with Gasteiger partial charge in [-0.1, -0.05) is 37.3 Å². The minimum Gasteiger partial charge on any atom is -0.343 e. The molecule has 1 amide bonds. The Kier molecular flexibility index (Phi) is 4.37. The molecule has 98 valence electrons. The minimum atomic E-state index is 0.262. The van der Waals surface area contributed by atoms with E-state index in [1.807, 2.05) is 23.1 Å². The number of carbonyl (C=O) groups is 1. The smallest absolute Gasteiger partial charge is 0.223 e. The molecule has 1 fully saturated rings. The maximum atomic E-state index is 12.2. The molecular formula is C15H22N2O. The van der Waals surface area contributed by atoms with Crippen molar-refractivity contribution >= 4 is 5.91 Å². The molecule has 1 aliphatic heterocycles. The van der Waals surface area contributed by atoms with Gasteiger partial charge in [-0.2, -0.15) is 0 Å². The van der Waals surface area contributed by atoms with Crippen molar-refractivity contribution in [1.82, 2.24) is 4.90 Å². The largest absolute Gasteiger partial charge is 0.343 e. The van der Waals surface area contributed by atoms with Crippen molar-refractivity contribution in [3.05, 3.63) is 35.9 Å². The van der Waals surface area contributed by atoms with Gasteiger partial charge >= 0.3 is 0 Å². The number of nitrogens with two attached hydrogens (primary N) is 1. The molecule has 0 bridgehead atoms. The number of rotatable bonds is 3. The van der Waals surface area contributed by atoms with Crippen molar-refractivity contribution in [2.45, 2.75) is 38.1 Å². The van der Waals surface area contributed by atoms with E-state index in [1.165, 1.54) is 5.56 Å². The van der Waals surface area contributed by atoms with Gasteiger partial charge in [0, 0.05) is 25.6 Å². The average molecular weight is 246 g/mol. The number of nitrogens with zero attached hydrogens (tertiary/aromatic N) is 1. The van der Waals surface area contributed by atoms with Gasteiger partial charge in [0.15, 0.2) is 0 Å². The first-order chi connectivity index (χ1) is 8.66. The molecule has 0 radical (unpaired) electrons. The van der Waals surface area contributed by atoms with Crippen molar-refractivity contribution in [2.24, 2.45) is 5.73 Å². The topological polar surface area (TPSA) is 46.3 Å². The first kappa shape index (κ1) is 13.1. The zero-order chi connectivity index (χ0) is 13.0. The van der Waals surface area contributed by atoms with E-state index in [4.69, 9.17) is 5.73 Å². The monoisotopic (exact) mass is 246 g/mol. The third-order valence-corrected chi connectivity index (χ3v) is 3.74. The highest BCUT2D eigenvalue weighted by molar-refractivity contribution is 5.77. The van der Waals surface area contributed by atoms with Gasteiger partial charge in [-0.25, -0.2) is 0 Å². The van der Waals surface area contributed by atoms with Crippen molar-refractivity contribution in [3.63, 3.8) is 0 Å². The molecule has 0 spiro atoms. The number of hydrogen-bond acceptors (Lipinski definition) is 2. The third-order valence-electron chi connectivity index (χ3n) is 3.74. The predicted molar refractivity (Wildman–Crippen MR) is 73.3 cm³/mol. The van der Waals surface area contributed by atoms with Crippen LogP contribution in [0.15, 0.2) is 30.3 Å². The Morgan fingerprint density at radius 3 is 2.56 bits per heavy atom.